The van der Waals surface area contributed by atoms with Crippen LogP contribution in [0.5, 0.6) is 17.2 Å². The van der Waals surface area contributed by atoms with Gasteiger partial charge >= 0.3 is 0 Å². The van der Waals surface area contributed by atoms with E-state index < -0.39 is 0 Å². The second-order valence-electron chi connectivity index (χ2n) is 6.40. The van der Waals surface area contributed by atoms with E-state index >= 15 is 0 Å². The van der Waals surface area contributed by atoms with Crippen molar-refractivity contribution < 1.29 is 19.7 Å². The molecule has 2 aromatic carbocycles. The molecule has 1 heterocycles. The minimum atomic E-state index is -0.207. The van der Waals surface area contributed by atoms with Crippen molar-refractivity contribution in [2.75, 3.05) is 0 Å². The summed E-state index contributed by atoms with van der Waals surface area (Å²) in [5.74, 6) is 1.76. The molecular weight excluding hydrogens is 292 g/mol. The molecule has 1 fully saturated rings. The van der Waals surface area contributed by atoms with Crippen LogP contribution in [0.15, 0.2) is 42.5 Å². The number of phenolic OH excluding ortho intramolecular Hbond substituents is 2. The van der Waals surface area contributed by atoms with Crippen molar-refractivity contribution >= 4 is 5.78 Å². The number of ether oxygens (including phenoxy) is 1. The number of ketones is 1. The first-order chi connectivity index (χ1) is 11.1. The molecule has 0 amide bonds. The number of phenols is 2. The third kappa shape index (κ3) is 2.44. The summed E-state index contributed by atoms with van der Waals surface area (Å²) in [4.78, 5) is 12.0. The number of hydrogen-bond acceptors (Lipinski definition) is 4. The smallest absolute Gasteiger partial charge is 0.133 e. The van der Waals surface area contributed by atoms with Gasteiger partial charge in [0.15, 0.2) is 0 Å². The van der Waals surface area contributed by atoms with Crippen LogP contribution in [0.2, 0.25) is 0 Å². The van der Waals surface area contributed by atoms with Gasteiger partial charge in [-0.05, 0) is 48.2 Å². The van der Waals surface area contributed by atoms with Crippen LogP contribution in [-0.4, -0.2) is 16.0 Å². The van der Waals surface area contributed by atoms with E-state index in [-0.39, 0.29) is 35.2 Å². The van der Waals surface area contributed by atoms with E-state index in [0.717, 1.165) is 23.3 Å². The van der Waals surface area contributed by atoms with Crippen molar-refractivity contribution in [1.82, 2.24) is 0 Å². The maximum absolute atomic E-state index is 12.0. The zero-order chi connectivity index (χ0) is 16.0. The fourth-order valence-electron chi connectivity index (χ4n) is 3.88. The molecule has 4 heteroatoms. The van der Waals surface area contributed by atoms with Crippen LogP contribution in [0, 0.1) is 5.92 Å². The lowest BCUT2D eigenvalue weighted by Crippen LogP contribution is -2.34. The number of fused-ring (bicyclic) bond motifs is 3. The first kappa shape index (κ1) is 14.1. The highest BCUT2D eigenvalue weighted by atomic mass is 16.5. The Bertz CT molecular complexity index is 750. The Morgan fingerprint density at radius 2 is 1.74 bits per heavy atom. The van der Waals surface area contributed by atoms with Gasteiger partial charge in [-0.15, -0.1) is 0 Å². The van der Waals surface area contributed by atoms with Gasteiger partial charge in [0.05, 0.1) is 0 Å². The van der Waals surface area contributed by atoms with Gasteiger partial charge in [0.1, 0.15) is 29.1 Å². The van der Waals surface area contributed by atoms with E-state index in [1.54, 1.807) is 30.3 Å². The predicted octanol–water partition coefficient (Wildman–Crippen LogP) is 3.68. The zero-order valence-electron chi connectivity index (χ0n) is 12.6. The number of aromatic hydroxyl groups is 2. The van der Waals surface area contributed by atoms with Gasteiger partial charge < -0.3 is 14.9 Å². The monoisotopic (exact) mass is 310 g/mol. The number of carbonyl (C=O) groups is 1. The van der Waals surface area contributed by atoms with Crippen LogP contribution < -0.4 is 4.74 Å². The lowest BCUT2D eigenvalue weighted by atomic mass is 9.69. The molecule has 0 radical (unpaired) electrons. The second-order valence-corrected chi connectivity index (χ2v) is 6.40. The molecule has 2 aromatic rings. The first-order valence-corrected chi connectivity index (χ1v) is 7.92. The average molecular weight is 310 g/mol. The molecule has 0 aromatic heterocycles. The topological polar surface area (TPSA) is 66.8 Å². The molecule has 23 heavy (non-hydrogen) atoms. The fourth-order valence-corrected chi connectivity index (χ4v) is 3.88. The van der Waals surface area contributed by atoms with Crippen molar-refractivity contribution in [2.24, 2.45) is 5.92 Å². The molecule has 0 spiro atoms. The molecular formula is C19H18O4. The van der Waals surface area contributed by atoms with Crippen LogP contribution in [0.3, 0.4) is 0 Å². The Labute approximate surface area is 134 Å². The molecule has 1 saturated carbocycles. The minimum absolute atomic E-state index is 0.0649. The fraction of sp³-hybridized carbons (Fsp3) is 0.316. The molecule has 2 unspecified atom stereocenters. The highest BCUT2D eigenvalue weighted by molar-refractivity contribution is 5.80. The number of hydrogen-bond donors (Lipinski definition) is 2. The lowest BCUT2D eigenvalue weighted by molar-refractivity contribution is -0.123. The Balaban J connectivity index is 1.79. The van der Waals surface area contributed by atoms with Gasteiger partial charge in [0.2, 0.25) is 0 Å². The number of rotatable bonds is 1. The highest BCUT2D eigenvalue weighted by Crippen LogP contribution is 2.52. The highest BCUT2D eigenvalue weighted by Gasteiger charge is 2.42. The van der Waals surface area contributed by atoms with Crippen LogP contribution in [-0.2, 0) is 4.79 Å². The van der Waals surface area contributed by atoms with Gasteiger partial charge in [0, 0.05) is 24.3 Å². The van der Waals surface area contributed by atoms with Crippen LogP contribution in [0.4, 0.5) is 0 Å². The van der Waals surface area contributed by atoms with Gasteiger partial charge in [-0.2, -0.15) is 0 Å². The average Bonchev–Trinajstić information content (AvgIpc) is 2.55. The summed E-state index contributed by atoms with van der Waals surface area (Å²) in [7, 11) is 0. The standard InChI is InChI=1S/C19H18O4/c20-12-3-1-11(2-4-12)19-17-10-13(21)5-7-15(17)16-9-14(22)6-8-18(16)23-19/h1-4,6,8-9,15,17,19-20,22H,5,7,10H2/t15-,17?,19?/m1/s1. The number of carbonyl (C=O) groups excluding carboxylic acids is 1. The lowest BCUT2D eigenvalue weighted by Gasteiger charge is -2.42. The third-order valence-electron chi connectivity index (χ3n) is 4.97. The van der Waals surface area contributed by atoms with E-state index in [9.17, 15) is 15.0 Å². The van der Waals surface area contributed by atoms with E-state index in [0.29, 0.717) is 12.8 Å². The molecule has 1 aliphatic heterocycles. The molecule has 1 aliphatic carbocycles. The first-order valence-electron chi connectivity index (χ1n) is 7.92. The third-order valence-corrected chi connectivity index (χ3v) is 4.97. The molecule has 0 bridgehead atoms. The van der Waals surface area contributed by atoms with Gasteiger partial charge in [-0.25, -0.2) is 0 Å². The van der Waals surface area contributed by atoms with Crippen molar-refractivity contribution in [2.45, 2.75) is 31.3 Å². The summed E-state index contributed by atoms with van der Waals surface area (Å²) in [5, 5.41) is 19.3. The van der Waals surface area contributed by atoms with Gasteiger partial charge in [0.25, 0.3) is 0 Å². The predicted molar refractivity (Wildman–Crippen MR) is 84.7 cm³/mol. The summed E-state index contributed by atoms with van der Waals surface area (Å²) < 4.78 is 6.19. The summed E-state index contributed by atoms with van der Waals surface area (Å²) in [6.07, 6.45) is 1.66. The Morgan fingerprint density at radius 3 is 2.52 bits per heavy atom. The number of Topliss-reactive ketones (excluding diaryl/α,β-unsaturated/α-hetero) is 1. The number of benzene rings is 2. The van der Waals surface area contributed by atoms with Gasteiger partial charge in [-0.1, -0.05) is 12.1 Å². The molecule has 4 rings (SSSR count). The van der Waals surface area contributed by atoms with E-state index in [2.05, 4.69) is 0 Å². The van der Waals surface area contributed by atoms with E-state index in [4.69, 9.17) is 4.74 Å². The quantitative estimate of drug-likeness (QED) is 0.843. The summed E-state index contributed by atoms with van der Waals surface area (Å²) in [6.45, 7) is 0. The molecule has 0 saturated heterocycles. The van der Waals surface area contributed by atoms with E-state index in [1.165, 1.54) is 0 Å². The van der Waals surface area contributed by atoms with Crippen LogP contribution >= 0.6 is 0 Å². The van der Waals surface area contributed by atoms with Crippen LogP contribution in [0.25, 0.3) is 0 Å². The van der Waals surface area contributed by atoms with Crippen molar-refractivity contribution in [3.8, 4) is 17.2 Å². The largest absolute Gasteiger partial charge is 0.508 e. The summed E-state index contributed by atoms with van der Waals surface area (Å²) >= 11 is 0. The minimum Gasteiger partial charge on any atom is -0.508 e. The maximum atomic E-state index is 12.0. The Morgan fingerprint density at radius 1 is 1.00 bits per heavy atom. The molecule has 4 nitrogen and oxygen atoms in total. The molecule has 2 aliphatic rings. The van der Waals surface area contributed by atoms with Crippen molar-refractivity contribution in [3.63, 3.8) is 0 Å². The zero-order valence-corrected chi connectivity index (χ0v) is 12.6. The van der Waals surface area contributed by atoms with Crippen molar-refractivity contribution in [3.05, 3.63) is 53.6 Å². The molecule has 3 atom stereocenters. The van der Waals surface area contributed by atoms with Crippen molar-refractivity contribution in [1.29, 1.82) is 0 Å². The SMILES string of the molecule is O=C1CC[C@@H]2c3cc(O)ccc3OC(c3ccc(O)cc3)C2C1. The maximum Gasteiger partial charge on any atom is 0.133 e. The molecule has 118 valence electrons. The summed E-state index contributed by atoms with van der Waals surface area (Å²) in [5.41, 5.74) is 1.96. The summed E-state index contributed by atoms with van der Waals surface area (Å²) in [6, 6.07) is 12.2. The molecule has 2 N–H and O–H groups in total. The van der Waals surface area contributed by atoms with E-state index in [1.807, 2.05) is 12.1 Å². The van der Waals surface area contributed by atoms with Gasteiger partial charge in [-0.3, -0.25) is 4.79 Å². The Kier molecular flexibility index (Phi) is 3.26. The second kappa shape index (κ2) is 5.30. The Hall–Kier alpha value is -2.49. The van der Waals surface area contributed by atoms with Crippen LogP contribution in [0.1, 0.15) is 42.4 Å². The normalized spacial score (nSPS) is 26.1.